The molecule has 0 bridgehead atoms. The van der Waals surface area contributed by atoms with Crippen LogP contribution in [0.25, 0.3) is 11.2 Å². The molecule has 2 heterocycles. The fourth-order valence-corrected chi connectivity index (χ4v) is 2.22. The molecule has 2 aromatic rings. The number of fused-ring (bicyclic) bond motifs is 1. The van der Waals surface area contributed by atoms with E-state index < -0.39 is 10.8 Å². The third-order valence-electron chi connectivity index (χ3n) is 2.59. The molecule has 0 aliphatic heterocycles. The Morgan fingerprint density at radius 1 is 1.65 bits per heavy atom. The maximum Gasteiger partial charge on any atom is 0.202 e. The van der Waals surface area contributed by atoms with Crippen molar-refractivity contribution >= 4 is 43.8 Å². The second-order valence-corrected chi connectivity index (χ2v) is 6.60. The van der Waals surface area contributed by atoms with E-state index >= 15 is 0 Å². The fraction of sp³-hybridized carbons (Fsp3) is 0.400. The van der Waals surface area contributed by atoms with Gasteiger partial charge in [-0.05, 0) is 28.9 Å². The second kappa shape index (κ2) is 4.73. The first-order valence-corrected chi connectivity index (χ1v) is 7.50. The number of rotatable bonds is 3. The van der Waals surface area contributed by atoms with Gasteiger partial charge in [0.05, 0.1) is 0 Å². The summed E-state index contributed by atoms with van der Waals surface area (Å²) in [7, 11) is -0.892. The third-order valence-corrected chi connectivity index (χ3v) is 4.30. The first-order valence-electron chi connectivity index (χ1n) is 5.08. The average molecular weight is 317 g/mol. The number of hydrogen-bond donors (Lipinski definition) is 1. The summed E-state index contributed by atoms with van der Waals surface area (Å²) in [6.07, 6.45) is 3.39. The Hall–Kier alpha value is -0.950. The summed E-state index contributed by atoms with van der Waals surface area (Å²) in [6.45, 7) is 2.47. The maximum atomic E-state index is 11.4. The molecule has 92 valence electrons. The Morgan fingerprint density at radius 2 is 2.35 bits per heavy atom. The minimum absolute atomic E-state index is 0.0140. The minimum Gasteiger partial charge on any atom is -0.369 e. The minimum atomic E-state index is -0.892. The van der Waals surface area contributed by atoms with Crippen LogP contribution >= 0.6 is 15.9 Å². The molecule has 0 amide bonds. The molecule has 2 atom stereocenters. The van der Waals surface area contributed by atoms with Crippen LogP contribution in [0.15, 0.2) is 16.7 Å². The van der Waals surface area contributed by atoms with Crippen molar-refractivity contribution in [2.24, 2.45) is 0 Å². The lowest BCUT2D eigenvalue weighted by molar-refractivity contribution is 0.652. The van der Waals surface area contributed by atoms with Crippen molar-refractivity contribution in [2.45, 2.75) is 18.7 Å². The number of aromatic nitrogens is 3. The van der Waals surface area contributed by atoms with Crippen molar-refractivity contribution in [3.8, 4) is 0 Å². The Bertz CT molecular complexity index is 583. The highest BCUT2D eigenvalue weighted by atomic mass is 79.9. The molecule has 7 heteroatoms. The van der Waals surface area contributed by atoms with E-state index in [1.54, 1.807) is 17.0 Å². The van der Waals surface area contributed by atoms with E-state index in [1.807, 2.05) is 13.0 Å². The third kappa shape index (κ3) is 2.50. The number of halogens is 1. The zero-order valence-electron chi connectivity index (χ0n) is 9.55. The Balaban J connectivity index is 2.46. The Labute approximate surface area is 110 Å². The topological polar surface area (TPSA) is 73.8 Å². The van der Waals surface area contributed by atoms with Crippen molar-refractivity contribution in [3.05, 3.63) is 16.7 Å². The molecule has 0 aliphatic carbocycles. The SMILES string of the molecule is CC(Cn1c(N)nc2cc(Br)cnc21)S(C)=O. The van der Waals surface area contributed by atoms with E-state index in [9.17, 15) is 4.21 Å². The van der Waals surface area contributed by atoms with E-state index in [4.69, 9.17) is 5.73 Å². The quantitative estimate of drug-likeness (QED) is 0.932. The molecule has 0 saturated heterocycles. The van der Waals surface area contributed by atoms with Crippen LogP contribution in [0.3, 0.4) is 0 Å². The molecule has 0 fully saturated rings. The van der Waals surface area contributed by atoms with Gasteiger partial charge in [0.2, 0.25) is 5.95 Å². The van der Waals surface area contributed by atoms with Crippen LogP contribution in [0.1, 0.15) is 6.92 Å². The number of nitrogens with zero attached hydrogens (tertiary/aromatic N) is 3. The number of nitrogen functional groups attached to an aromatic ring is 1. The molecule has 0 aromatic carbocycles. The van der Waals surface area contributed by atoms with Gasteiger partial charge in [0.25, 0.3) is 0 Å². The summed E-state index contributed by atoms with van der Waals surface area (Å²) in [4.78, 5) is 8.52. The predicted octanol–water partition coefficient (Wildman–Crippen LogP) is 1.54. The second-order valence-electron chi connectivity index (χ2n) is 3.89. The molecule has 2 N–H and O–H groups in total. The lowest BCUT2D eigenvalue weighted by Gasteiger charge is -2.10. The average Bonchev–Trinajstić information content (AvgIpc) is 2.54. The summed E-state index contributed by atoms with van der Waals surface area (Å²) in [5, 5.41) is 0.0140. The first kappa shape index (κ1) is 12.5. The lowest BCUT2D eigenvalue weighted by atomic mass is 10.4. The van der Waals surface area contributed by atoms with Crippen LogP contribution in [-0.2, 0) is 17.3 Å². The van der Waals surface area contributed by atoms with E-state index in [-0.39, 0.29) is 5.25 Å². The van der Waals surface area contributed by atoms with Crippen LogP contribution < -0.4 is 5.73 Å². The number of nitrogens with two attached hydrogens (primary N) is 1. The number of hydrogen-bond acceptors (Lipinski definition) is 4. The first-order chi connectivity index (χ1) is 7.99. The summed E-state index contributed by atoms with van der Waals surface area (Å²) >= 11 is 3.34. The summed E-state index contributed by atoms with van der Waals surface area (Å²) < 4.78 is 14.0. The van der Waals surface area contributed by atoms with Crippen LogP contribution in [-0.4, -0.2) is 30.2 Å². The maximum absolute atomic E-state index is 11.4. The zero-order valence-corrected chi connectivity index (χ0v) is 12.0. The molecule has 2 rings (SSSR count). The fourth-order valence-electron chi connectivity index (χ4n) is 1.55. The van der Waals surface area contributed by atoms with Gasteiger partial charge in [0.15, 0.2) is 5.65 Å². The smallest absolute Gasteiger partial charge is 0.202 e. The zero-order chi connectivity index (χ0) is 12.6. The molecule has 0 aliphatic rings. The van der Waals surface area contributed by atoms with Crippen LogP contribution in [0.4, 0.5) is 5.95 Å². The predicted molar refractivity (Wildman–Crippen MR) is 73.2 cm³/mol. The van der Waals surface area contributed by atoms with E-state index in [2.05, 4.69) is 25.9 Å². The molecular formula is C10H13BrN4OS. The van der Waals surface area contributed by atoms with Crippen molar-refractivity contribution in [1.82, 2.24) is 14.5 Å². The van der Waals surface area contributed by atoms with Gasteiger partial charge in [0, 0.05) is 39.5 Å². The summed E-state index contributed by atoms with van der Waals surface area (Å²) in [5.41, 5.74) is 7.32. The molecular weight excluding hydrogens is 304 g/mol. The van der Waals surface area contributed by atoms with Crippen molar-refractivity contribution in [1.29, 1.82) is 0 Å². The summed E-state index contributed by atoms with van der Waals surface area (Å²) in [6, 6.07) is 1.86. The molecule has 2 unspecified atom stereocenters. The van der Waals surface area contributed by atoms with Crippen molar-refractivity contribution in [2.75, 3.05) is 12.0 Å². The highest BCUT2D eigenvalue weighted by Crippen LogP contribution is 2.20. The normalized spacial score (nSPS) is 15.0. The van der Waals surface area contributed by atoms with E-state index in [0.717, 1.165) is 15.6 Å². The summed E-state index contributed by atoms with van der Waals surface area (Å²) in [5.74, 6) is 0.405. The monoisotopic (exact) mass is 316 g/mol. The molecule has 2 aromatic heterocycles. The number of pyridine rings is 1. The largest absolute Gasteiger partial charge is 0.369 e. The Kier molecular flexibility index (Phi) is 3.48. The van der Waals surface area contributed by atoms with Crippen LogP contribution in [0.5, 0.6) is 0 Å². The Morgan fingerprint density at radius 3 is 3.00 bits per heavy atom. The van der Waals surface area contributed by atoms with Crippen molar-refractivity contribution in [3.63, 3.8) is 0 Å². The van der Waals surface area contributed by atoms with Gasteiger partial charge in [0.1, 0.15) is 5.52 Å². The molecule has 5 nitrogen and oxygen atoms in total. The van der Waals surface area contributed by atoms with Gasteiger partial charge in [-0.3, -0.25) is 8.78 Å². The highest BCUT2D eigenvalue weighted by molar-refractivity contribution is 9.10. The molecule has 0 radical (unpaired) electrons. The molecule has 17 heavy (non-hydrogen) atoms. The van der Waals surface area contributed by atoms with Gasteiger partial charge in [-0.15, -0.1) is 0 Å². The standard InChI is InChI=1S/C10H13BrN4OS/c1-6(17(2)16)5-15-9-8(14-10(15)12)3-7(11)4-13-9/h3-4,6H,5H2,1-2H3,(H2,12,14). The van der Waals surface area contributed by atoms with Gasteiger partial charge in [-0.25, -0.2) is 9.97 Å². The van der Waals surface area contributed by atoms with Gasteiger partial charge >= 0.3 is 0 Å². The van der Waals surface area contributed by atoms with Gasteiger partial charge in [-0.2, -0.15) is 0 Å². The van der Waals surface area contributed by atoms with Crippen LogP contribution in [0, 0.1) is 0 Å². The number of imidazole rings is 1. The van der Waals surface area contributed by atoms with E-state index in [0.29, 0.717) is 12.5 Å². The van der Waals surface area contributed by atoms with Crippen molar-refractivity contribution < 1.29 is 4.21 Å². The van der Waals surface area contributed by atoms with Crippen LogP contribution in [0.2, 0.25) is 0 Å². The highest BCUT2D eigenvalue weighted by Gasteiger charge is 2.14. The number of anilines is 1. The molecule has 0 saturated carbocycles. The van der Waals surface area contributed by atoms with E-state index in [1.165, 1.54) is 0 Å². The molecule has 0 spiro atoms. The van der Waals surface area contributed by atoms with Gasteiger partial charge < -0.3 is 5.73 Å². The lowest BCUT2D eigenvalue weighted by Crippen LogP contribution is -2.18. The van der Waals surface area contributed by atoms with Gasteiger partial charge in [-0.1, -0.05) is 0 Å².